The molecule has 0 aliphatic carbocycles. The van der Waals surface area contributed by atoms with Gasteiger partial charge in [0.05, 0.1) is 13.2 Å². The Morgan fingerprint density at radius 2 is 2.00 bits per heavy atom. The van der Waals surface area contributed by atoms with Crippen LogP contribution in [0.5, 0.6) is 0 Å². The minimum atomic E-state index is 0.549. The molecule has 1 heterocycles. The number of hydrogen-bond donors (Lipinski definition) is 1. The Bertz CT molecular complexity index is 528. The van der Waals surface area contributed by atoms with Crippen molar-refractivity contribution in [1.29, 1.82) is 0 Å². The van der Waals surface area contributed by atoms with Crippen LogP contribution in [0.3, 0.4) is 0 Å². The van der Waals surface area contributed by atoms with Crippen LogP contribution in [0.1, 0.15) is 24.5 Å². The van der Waals surface area contributed by atoms with Crippen LogP contribution in [0.15, 0.2) is 42.6 Å². The van der Waals surface area contributed by atoms with Crippen LogP contribution in [0, 0.1) is 0 Å². The largest absolute Gasteiger partial charge is 0.372 e. The second-order valence-electron chi connectivity index (χ2n) is 4.60. The summed E-state index contributed by atoms with van der Waals surface area (Å²) in [5.74, 6) is 0.908. The molecule has 0 fully saturated rings. The fraction of sp³-hybridized carbons (Fsp3) is 0.312. The van der Waals surface area contributed by atoms with Crippen LogP contribution in [-0.4, -0.2) is 11.5 Å². The highest BCUT2D eigenvalue weighted by atomic mass is 35.5. The minimum Gasteiger partial charge on any atom is -0.372 e. The summed E-state index contributed by atoms with van der Waals surface area (Å²) in [6.07, 6.45) is 2.93. The molecule has 20 heavy (non-hydrogen) atoms. The van der Waals surface area contributed by atoms with Gasteiger partial charge < -0.3 is 10.1 Å². The summed E-state index contributed by atoms with van der Waals surface area (Å²) in [6.45, 7) is 4.17. The number of aromatic nitrogens is 1. The summed E-state index contributed by atoms with van der Waals surface area (Å²) >= 11 is 5.93. The Hall–Kier alpha value is -1.58. The van der Waals surface area contributed by atoms with Crippen molar-refractivity contribution in [1.82, 2.24) is 4.98 Å². The number of hydrogen-bond acceptors (Lipinski definition) is 3. The van der Waals surface area contributed by atoms with Crippen LogP contribution in [-0.2, 0) is 18.0 Å². The summed E-state index contributed by atoms with van der Waals surface area (Å²) in [5.41, 5.74) is 2.14. The Morgan fingerprint density at radius 1 is 1.15 bits per heavy atom. The molecule has 106 valence electrons. The zero-order valence-corrected chi connectivity index (χ0v) is 12.4. The summed E-state index contributed by atoms with van der Waals surface area (Å²) in [7, 11) is 0. The molecular formula is C16H19ClN2O. The third-order valence-corrected chi connectivity index (χ3v) is 3.04. The number of nitrogens with one attached hydrogen (secondary N) is 1. The van der Waals surface area contributed by atoms with Gasteiger partial charge in [0.15, 0.2) is 0 Å². The SMILES string of the molecule is CCCNc1ccc(COCc2cccc(Cl)c2)cn1. The third-order valence-electron chi connectivity index (χ3n) is 2.81. The van der Waals surface area contributed by atoms with Crippen molar-refractivity contribution < 1.29 is 4.74 Å². The van der Waals surface area contributed by atoms with E-state index in [1.807, 2.05) is 42.6 Å². The second kappa shape index (κ2) is 7.88. The molecular weight excluding hydrogens is 272 g/mol. The molecule has 2 rings (SSSR count). The van der Waals surface area contributed by atoms with E-state index in [2.05, 4.69) is 17.2 Å². The lowest BCUT2D eigenvalue weighted by atomic mass is 10.2. The fourth-order valence-electron chi connectivity index (χ4n) is 1.78. The Balaban J connectivity index is 1.79. The molecule has 2 aromatic rings. The second-order valence-corrected chi connectivity index (χ2v) is 5.04. The molecule has 0 aliphatic heterocycles. The predicted octanol–water partition coefficient (Wildman–Crippen LogP) is 4.27. The number of anilines is 1. The Labute approximate surface area is 124 Å². The molecule has 0 aliphatic rings. The highest BCUT2D eigenvalue weighted by Gasteiger charge is 1.98. The van der Waals surface area contributed by atoms with Gasteiger partial charge in [0, 0.05) is 17.8 Å². The van der Waals surface area contributed by atoms with Crippen molar-refractivity contribution in [2.75, 3.05) is 11.9 Å². The van der Waals surface area contributed by atoms with Gasteiger partial charge >= 0.3 is 0 Å². The highest BCUT2D eigenvalue weighted by molar-refractivity contribution is 6.30. The maximum Gasteiger partial charge on any atom is 0.125 e. The van der Waals surface area contributed by atoms with Crippen molar-refractivity contribution in [3.05, 3.63) is 58.7 Å². The van der Waals surface area contributed by atoms with Crippen LogP contribution < -0.4 is 5.32 Å². The molecule has 0 amide bonds. The molecule has 0 saturated heterocycles. The van der Waals surface area contributed by atoms with E-state index in [9.17, 15) is 0 Å². The first kappa shape index (κ1) is 14.8. The van der Waals surface area contributed by atoms with Crippen LogP contribution in [0.25, 0.3) is 0 Å². The van der Waals surface area contributed by atoms with Gasteiger partial charge in [-0.15, -0.1) is 0 Å². The first-order valence-corrected chi connectivity index (χ1v) is 7.16. The maximum absolute atomic E-state index is 5.93. The molecule has 0 bridgehead atoms. The number of halogens is 1. The lowest BCUT2D eigenvalue weighted by Crippen LogP contribution is -2.02. The molecule has 3 nitrogen and oxygen atoms in total. The summed E-state index contributed by atoms with van der Waals surface area (Å²) in [6, 6.07) is 11.7. The van der Waals surface area contributed by atoms with Crippen molar-refractivity contribution in [3.63, 3.8) is 0 Å². The van der Waals surface area contributed by atoms with Crippen molar-refractivity contribution in [2.45, 2.75) is 26.6 Å². The van der Waals surface area contributed by atoms with Gasteiger partial charge in [0.1, 0.15) is 5.82 Å². The molecule has 0 atom stereocenters. The highest BCUT2D eigenvalue weighted by Crippen LogP contribution is 2.12. The number of pyridine rings is 1. The zero-order chi connectivity index (χ0) is 14.2. The van der Waals surface area contributed by atoms with E-state index >= 15 is 0 Å². The minimum absolute atomic E-state index is 0.549. The molecule has 0 radical (unpaired) electrons. The predicted molar refractivity (Wildman–Crippen MR) is 83.0 cm³/mol. The van der Waals surface area contributed by atoms with Gasteiger partial charge in [-0.25, -0.2) is 4.98 Å². The zero-order valence-electron chi connectivity index (χ0n) is 11.6. The average Bonchev–Trinajstić information content (AvgIpc) is 2.46. The molecule has 0 saturated carbocycles. The number of nitrogens with zero attached hydrogens (tertiary/aromatic N) is 1. The van der Waals surface area contributed by atoms with E-state index in [0.717, 1.165) is 34.9 Å². The van der Waals surface area contributed by atoms with E-state index in [1.54, 1.807) is 0 Å². The number of benzene rings is 1. The van der Waals surface area contributed by atoms with Crippen molar-refractivity contribution in [3.8, 4) is 0 Å². The quantitative estimate of drug-likeness (QED) is 0.827. The first-order valence-electron chi connectivity index (χ1n) is 6.79. The van der Waals surface area contributed by atoms with Gasteiger partial charge in [0.2, 0.25) is 0 Å². The monoisotopic (exact) mass is 290 g/mol. The van der Waals surface area contributed by atoms with Crippen molar-refractivity contribution in [2.24, 2.45) is 0 Å². The topological polar surface area (TPSA) is 34.1 Å². The van der Waals surface area contributed by atoms with Crippen LogP contribution >= 0.6 is 11.6 Å². The molecule has 0 spiro atoms. The van der Waals surface area contributed by atoms with E-state index < -0.39 is 0 Å². The average molecular weight is 291 g/mol. The lowest BCUT2D eigenvalue weighted by Gasteiger charge is -2.07. The molecule has 0 unspecified atom stereocenters. The van der Waals surface area contributed by atoms with E-state index in [-0.39, 0.29) is 0 Å². The summed E-state index contributed by atoms with van der Waals surface area (Å²) in [4.78, 5) is 4.34. The van der Waals surface area contributed by atoms with Gasteiger partial charge in [-0.05, 0) is 35.7 Å². The molecule has 1 aromatic heterocycles. The standard InChI is InChI=1S/C16H19ClN2O/c1-2-8-18-16-7-6-14(10-19-16)12-20-11-13-4-3-5-15(17)9-13/h3-7,9-10H,2,8,11-12H2,1H3,(H,18,19). The smallest absolute Gasteiger partial charge is 0.125 e. The lowest BCUT2D eigenvalue weighted by molar-refractivity contribution is 0.107. The maximum atomic E-state index is 5.93. The normalized spacial score (nSPS) is 10.5. The van der Waals surface area contributed by atoms with Crippen LogP contribution in [0.2, 0.25) is 5.02 Å². The molecule has 4 heteroatoms. The fourth-order valence-corrected chi connectivity index (χ4v) is 1.99. The van der Waals surface area contributed by atoms with Crippen molar-refractivity contribution >= 4 is 17.4 Å². The van der Waals surface area contributed by atoms with Gasteiger partial charge in [-0.3, -0.25) is 0 Å². The van der Waals surface area contributed by atoms with Gasteiger partial charge in [-0.2, -0.15) is 0 Å². The molecule has 1 N–H and O–H groups in total. The van der Waals surface area contributed by atoms with Gasteiger partial charge in [0.25, 0.3) is 0 Å². The first-order chi connectivity index (χ1) is 9.78. The van der Waals surface area contributed by atoms with E-state index in [1.165, 1.54) is 0 Å². The number of ether oxygens (including phenoxy) is 1. The van der Waals surface area contributed by atoms with E-state index in [0.29, 0.717) is 13.2 Å². The Morgan fingerprint density at radius 3 is 2.70 bits per heavy atom. The van der Waals surface area contributed by atoms with Gasteiger partial charge in [-0.1, -0.05) is 36.7 Å². The third kappa shape index (κ3) is 4.83. The summed E-state index contributed by atoms with van der Waals surface area (Å²) < 4.78 is 5.66. The number of rotatable bonds is 7. The van der Waals surface area contributed by atoms with Crippen LogP contribution in [0.4, 0.5) is 5.82 Å². The molecule has 1 aromatic carbocycles. The van der Waals surface area contributed by atoms with E-state index in [4.69, 9.17) is 16.3 Å². The Kier molecular flexibility index (Phi) is 5.84. The summed E-state index contributed by atoms with van der Waals surface area (Å²) in [5, 5.41) is 3.98.